The Morgan fingerprint density at radius 1 is 1.11 bits per heavy atom. The van der Waals surface area contributed by atoms with Gasteiger partial charge in [0.1, 0.15) is 18.0 Å². The molecule has 0 unspecified atom stereocenters. The normalized spacial score (nSPS) is 14.4. The van der Waals surface area contributed by atoms with Gasteiger partial charge in [0, 0.05) is 56.6 Å². The average molecular weight is 520 g/mol. The van der Waals surface area contributed by atoms with Crippen molar-refractivity contribution in [1.82, 2.24) is 25.3 Å². The van der Waals surface area contributed by atoms with Crippen LogP contribution in [0.25, 0.3) is 22.2 Å². The quantitative estimate of drug-likeness (QED) is 0.380. The maximum Gasteiger partial charge on any atom is 0.251 e. The predicted molar refractivity (Wildman–Crippen MR) is 140 cm³/mol. The fraction of sp³-hybridized carbons (Fsp3) is 0.296. The SMILES string of the molecule is CNC(=O)c1ccnc2c([C@H](C)CNc3cc(-c4ccc(N5CCOCC5)nc4)ncn3)cc(F)c(F)c12. The molecule has 9 nitrogen and oxygen atoms in total. The number of benzene rings is 1. The minimum atomic E-state index is -1.09. The molecule has 3 aromatic heterocycles. The molecule has 4 aromatic rings. The number of amides is 1. The third kappa shape index (κ3) is 5.10. The number of hydrogen-bond acceptors (Lipinski definition) is 8. The molecular formula is C27H27F2N7O2. The van der Waals surface area contributed by atoms with Gasteiger partial charge in [-0.15, -0.1) is 0 Å². The Morgan fingerprint density at radius 2 is 1.92 bits per heavy atom. The van der Waals surface area contributed by atoms with Gasteiger partial charge in [-0.3, -0.25) is 9.78 Å². The first kappa shape index (κ1) is 25.4. The Morgan fingerprint density at radius 3 is 2.66 bits per heavy atom. The van der Waals surface area contributed by atoms with Crippen molar-refractivity contribution in [2.75, 3.05) is 50.1 Å². The molecule has 0 radical (unpaired) electrons. The van der Waals surface area contributed by atoms with Crippen LogP contribution in [-0.2, 0) is 4.74 Å². The van der Waals surface area contributed by atoms with Crippen molar-refractivity contribution in [3.8, 4) is 11.3 Å². The number of morpholine rings is 1. The highest BCUT2D eigenvalue weighted by Crippen LogP contribution is 2.31. The minimum absolute atomic E-state index is 0.0320. The summed E-state index contributed by atoms with van der Waals surface area (Å²) in [7, 11) is 1.43. The van der Waals surface area contributed by atoms with Crippen LogP contribution in [0, 0.1) is 11.6 Å². The van der Waals surface area contributed by atoms with Crippen molar-refractivity contribution < 1.29 is 18.3 Å². The van der Waals surface area contributed by atoms with Gasteiger partial charge in [0.2, 0.25) is 0 Å². The Labute approximate surface area is 218 Å². The first-order valence-electron chi connectivity index (χ1n) is 12.3. The molecule has 0 saturated carbocycles. The van der Waals surface area contributed by atoms with E-state index in [1.165, 1.54) is 25.6 Å². The van der Waals surface area contributed by atoms with E-state index in [0.717, 1.165) is 30.5 Å². The molecule has 0 bridgehead atoms. The molecule has 196 valence electrons. The molecule has 1 saturated heterocycles. The molecule has 1 aliphatic rings. The predicted octanol–water partition coefficient (Wildman–Crippen LogP) is 3.78. The largest absolute Gasteiger partial charge is 0.378 e. The van der Waals surface area contributed by atoms with Crippen molar-refractivity contribution >= 4 is 28.4 Å². The molecule has 4 heterocycles. The van der Waals surface area contributed by atoms with Crippen LogP contribution in [0.5, 0.6) is 0 Å². The molecule has 0 spiro atoms. The van der Waals surface area contributed by atoms with Crippen molar-refractivity contribution in [3.05, 3.63) is 71.8 Å². The summed E-state index contributed by atoms with van der Waals surface area (Å²) in [6.45, 7) is 5.22. The number of carbonyl (C=O) groups excluding carboxylic acids is 1. The highest BCUT2D eigenvalue weighted by atomic mass is 19.2. The monoisotopic (exact) mass is 519 g/mol. The Kier molecular flexibility index (Phi) is 7.36. The maximum atomic E-state index is 14.7. The van der Waals surface area contributed by atoms with E-state index in [2.05, 4.69) is 35.5 Å². The molecule has 5 rings (SSSR count). The lowest BCUT2D eigenvalue weighted by molar-refractivity contribution is 0.0964. The van der Waals surface area contributed by atoms with Gasteiger partial charge >= 0.3 is 0 Å². The lowest BCUT2D eigenvalue weighted by Gasteiger charge is -2.27. The van der Waals surface area contributed by atoms with Gasteiger partial charge in [-0.05, 0) is 29.8 Å². The number of pyridine rings is 2. The maximum absolute atomic E-state index is 14.7. The lowest BCUT2D eigenvalue weighted by atomic mass is 9.95. The summed E-state index contributed by atoms with van der Waals surface area (Å²) in [5.41, 5.74) is 2.30. The smallest absolute Gasteiger partial charge is 0.251 e. The molecule has 1 amide bonds. The molecule has 2 N–H and O–H groups in total. The number of hydrogen-bond donors (Lipinski definition) is 2. The number of aromatic nitrogens is 4. The number of nitrogens with zero attached hydrogens (tertiary/aromatic N) is 5. The number of anilines is 2. The van der Waals surface area contributed by atoms with Crippen molar-refractivity contribution in [3.63, 3.8) is 0 Å². The number of nitrogens with one attached hydrogen (secondary N) is 2. The topological polar surface area (TPSA) is 105 Å². The van der Waals surface area contributed by atoms with E-state index in [0.29, 0.717) is 36.8 Å². The number of fused-ring (bicyclic) bond motifs is 1. The van der Waals surface area contributed by atoms with Gasteiger partial charge in [-0.1, -0.05) is 6.92 Å². The summed E-state index contributed by atoms with van der Waals surface area (Å²) in [6, 6.07) is 8.25. The van der Waals surface area contributed by atoms with E-state index in [9.17, 15) is 13.6 Å². The van der Waals surface area contributed by atoms with E-state index in [-0.39, 0.29) is 22.4 Å². The van der Waals surface area contributed by atoms with Crippen LogP contribution < -0.4 is 15.5 Å². The van der Waals surface area contributed by atoms with Crippen LogP contribution in [0.2, 0.25) is 0 Å². The standard InChI is InChI=1S/C27H27F2N7O2/c1-16(19-11-20(28)25(29)24-18(27(37)30-2)5-6-31-26(19)24)13-32-22-12-21(34-15-35-22)17-3-4-23(33-14-17)36-7-9-38-10-8-36/h3-6,11-12,14-16H,7-10,13H2,1-2H3,(H,30,37)(H,32,34,35)/t16-/m1/s1. The van der Waals surface area contributed by atoms with Gasteiger partial charge in [-0.2, -0.15) is 0 Å². The number of halogens is 2. The molecule has 0 aliphatic carbocycles. The fourth-order valence-electron chi connectivity index (χ4n) is 4.49. The molecule has 1 aromatic carbocycles. The van der Waals surface area contributed by atoms with Crippen LogP contribution in [0.1, 0.15) is 28.8 Å². The van der Waals surface area contributed by atoms with Gasteiger partial charge in [0.05, 0.1) is 35.4 Å². The second-order valence-electron chi connectivity index (χ2n) is 9.00. The second kappa shape index (κ2) is 11.0. The van der Waals surface area contributed by atoms with Crippen molar-refractivity contribution in [2.45, 2.75) is 12.8 Å². The van der Waals surface area contributed by atoms with Crippen molar-refractivity contribution in [1.29, 1.82) is 0 Å². The van der Waals surface area contributed by atoms with Gasteiger partial charge < -0.3 is 20.3 Å². The van der Waals surface area contributed by atoms with Gasteiger partial charge in [0.25, 0.3) is 5.91 Å². The summed E-state index contributed by atoms with van der Waals surface area (Å²) in [4.78, 5) is 32.0. The first-order chi connectivity index (χ1) is 18.5. The van der Waals surface area contributed by atoms with Gasteiger partial charge in [-0.25, -0.2) is 23.7 Å². The molecular weight excluding hydrogens is 492 g/mol. The zero-order valence-electron chi connectivity index (χ0n) is 21.0. The third-order valence-corrected chi connectivity index (χ3v) is 6.57. The lowest BCUT2D eigenvalue weighted by Crippen LogP contribution is -2.36. The van der Waals surface area contributed by atoms with Gasteiger partial charge in [0.15, 0.2) is 11.6 Å². The average Bonchev–Trinajstić information content (AvgIpc) is 2.97. The van der Waals surface area contributed by atoms with Crippen molar-refractivity contribution in [2.24, 2.45) is 0 Å². The summed E-state index contributed by atoms with van der Waals surface area (Å²) in [6.07, 6.45) is 4.66. The van der Waals surface area contributed by atoms with Crippen LogP contribution in [0.15, 0.2) is 49.1 Å². The zero-order chi connectivity index (χ0) is 26.6. The molecule has 11 heteroatoms. The van der Waals surface area contributed by atoms with E-state index < -0.39 is 17.5 Å². The highest BCUT2D eigenvalue weighted by Gasteiger charge is 2.22. The third-order valence-electron chi connectivity index (χ3n) is 6.57. The minimum Gasteiger partial charge on any atom is -0.378 e. The van der Waals surface area contributed by atoms with E-state index >= 15 is 0 Å². The molecule has 1 aliphatic heterocycles. The zero-order valence-corrected chi connectivity index (χ0v) is 21.0. The summed E-state index contributed by atoms with van der Waals surface area (Å²) >= 11 is 0. The Bertz CT molecular complexity index is 1460. The summed E-state index contributed by atoms with van der Waals surface area (Å²) in [5.74, 6) is -1.46. The van der Waals surface area contributed by atoms with Crippen LogP contribution >= 0.6 is 0 Å². The van der Waals surface area contributed by atoms with Crippen LogP contribution in [0.3, 0.4) is 0 Å². The summed E-state index contributed by atoms with van der Waals surface area (Å²) in [5, 5.41) is 5.57. The van der Waals surface area contributed by atoms with E-state index in [1.54, 1.807) is 6.20 Å². The molecule has 1 fully saturated rings. The van der Waals surface area contributed by atoms with Crippen LogP contribution in [-0.4, -0.2) is 65.7 Å². The Hall–Kier alpha value is -4.25. The first-order valence-corrected chi connectivity index (χ1v) is 12.3. The number of ether oxygens (including phenoxy) is 1. The highest BCUT2D eigenvalue weighted by molar-refractivity contribution is 6.06. The Balaban J connectivity index is 1.34. The van der Waals surface area contributed by atoms with E-state index in [4.69, 9.17) is 4.74 Å². The second-order valence-corrected chi connectivity index (χ2v) is 9.00. The van der Waals surface area contributed by atoms with Crippen LogP contribution in [0.4, 0.5) is 20.4 Å². The fourth-order valence-corrected chi connectivity index (χ4v) is 4.49. The number of rotatable bonds is 7. The molecule has 1 atom stereocenters. The number of carbonyl (C=O) groups is 1. The molecule has 38 heavy (non-hydrogen) atoms. The summed E-state index contributed by atoms with van der Waals surface area (Å²) < 4.78 is 34.7. The van der Waals surface area contributed by atoms with E-state index in [1.807, 2.05) is 25.1 Å².